The SMILES string of the molecule is Cc1c(C#N)c(NC(=O)CN(C)CC(=O)N(C)C)n(-c2cccc(F)c2)c1C. The zero-order valence-electron chi connectivity index (χ0n) is 16.7. The van der Waals surface area contributed by atoms with Gasteiger partial charge in [-0.25, -0.2) is 4.39 Å². The number of amides is 2. The quantitative estimate of drug-likeness (QED) is 0.825. The standard InChI is InChI=1S/C20H24FN5O2/c1-13-14(2)26(16-8-6-7-15(21)9-16)20(17(13)10-22)23-18(27)11-25(5)12-19(28)24(3)4/h6-9H,11-12H2,1-5H3,(H,23,27). The van der Waals surface area contributed by atoms with Crippen LogP contribution in [0.25, 0.3) is 5.69 Å². The molecule has 0 spiro atoms. The summed E-state index contributed by atoms with van der Waals surface area (Å²) in [6.45, 7) is 3.64. The second-order valence-electron chi connectivity index (χ2n) is 6.87. The normalized spacial score (nSPS) is 10.6. The Balaban J connectivity index is 2.32. The molecule has 0 saturated heterocycles. The Labute approximate surface area is 164 Å². The third-order valence-electron chi connectivity index (χ3n) is 4.47. The van der Waals surface area contributed by atoms with Gasteiger partial charge in [0.15, 0.2) is 0 Å². The summed E-state index contributed by atoms with van der Waals surface area (Å²) in [6, 6.07) is 8.05. The van der Waals surface area contributed by atoms with Crippen molar-refractivity contribution < 1.29 is 14.0 Å². The van der Waals surface area contributed by atoms with E-state index in [1.54, 1.807) is 56.6 Å². The summed E-state index contributed by atoms with van der Waals surface area (Å²) in [4.78, 5) is 27.4. The van der Waals surface area contributed by atoms with Crippen LogP contribution in [0.15, 0.2) is 24.3 Å². The van der Waals surface area contributed by atoms with Crippen molar-refractivity contribution in [3.8, 4) is 11.8 Å². The number of rotatable bonds is 6. The van der Waals surface area contributed by atoms with Crippen LogP contribution in [0, 0.1) is 31.0 Å². The first kappa shape index (κ1) is 21.1. The number of hydrogen-bond donors (Lipinski definition) is 1. The number of benzene rings is 1. The molecular formula is C20H24FN5O2. The predicted octanol–water partition coefficient (Wildman–Crippen LogP) is 2.06. The highest BCUT2D eigenvalue weighted by Gasteiger charge is 2.21. The van der Waals surface area contributed by atoms with Gasteiger partial charge < -0.3 is 10.2 Å². The summed E-state index contributed by atoms with van der Waals surface area (Å²) >= 11 is 0. The van der Waals surface area contributed by atoms with Crippen molar-refractivity contribution in [2.75, 3.05) is 39.5 Å². The van der Waals surface area contributed by atoms with Gasteiger partial charge in [0.2, 0.25) is 11.8 Å². The highest BCUT2D eigenvalue weighted by atomic mass is 19.1. The molecule has 8 heteroatoms. The lowest BCUT2D eigenvalue weighted by Crippen LogP contribution is -2.38. The highest BCUT2D eigenvalue weighted by molar-refractivity contribution is 5.94. The molecule has 2 amide bonds. The number of nitrogens with one attached hydrogen (secondary N) is 1. The van der Waals surface area contributed by atoms with Gasteiger partial charge in [-0.3, -0.25) is 19.1 Å². The van der Waals surface area contributed by atoms with Crippen LogP contribution in [-0.4, -0.2) is 60.4 Å². The van der Waals surface area contributed by atoms with Crippen molar-refractivity contribution in [1.82, 2.24) is 14.4 Å². The lowest BCUT2D eigenvalue weighted by Gasteiger charge is -2.19. The fourth-order valence-corrected chi connectivity index (χ4v) is 2.84. The van der Waals surface area contributed by atoms with E-state index in [1.807, 2.05) is 0 Å². The maximum atomic E-state index is 13.7. The minimum atomic E-state index is -0.416. The second-order valence-corrected chi connectivity index (χ2v) is 6.87. The highest BCUT2D eigenvalue weighted by Crippen LogP contribution is 2.30. The van der Waals surface area contributed by atoms with Crippen molar-refractivity contribution in [2.24, 2.45) is 0 Å². The largest absolute Gasteiger partial charge is 0.348 e. The maximum Gasteiger partial charge on any atom is 0.239 e. The Morgan fingerprint density at radius 3 is 2.46 bits per heavy atom. The fraction of sp³-hybridized carbons (Fsp3) is 0.350. The van der Waals surface area contributed by atoms with Crippen molar-refractivity contribution in [2.45, 2.75) is 13.8 Å². The van der Waals surface area contributed by atoms with Crippen molar-refractivity contribution >= 4 is 17.6 Å². The van der Waals surface area contributed by atoms with Crippen LogP contribution >= 0.6 is 0 Å². The number of aromatic nitrogens is 1. The van der Waals surface area contributed by atoms with E-state index in [1.165, 1.54) is 17.0 Å². The Bertz CT molecular complexity index is 943. The molecule has 1 heterocycles. The molecule has 1 N–H and O–H groups in total. The number of anilines is 1. The first-order valence-corrected chi connectivity index (χ1v) is 8.72. The molecular weight excluding hydrogens is 361 g/mol. The van der Waals surface area contributed by atoms with Crippen molar-refractivity contribution in [1.29, 1.82) is 5.26 Å². The lowest BCUT2D eigenvalue weighted by molar-refractivity contribution is -0.130. The van der Waals surface area contributed by atoms with Gasteiger partial charge in [0.1, 0.15) is 17.7 Å². The Kier molecular flexibility index (Phi) is 6.54. The summed E-state index contributed by atoms with van der Waals surface area (Å²) in [5.41, 5.74) is 2.27. The van der Waals surface area contributed by atoms with E-state index in [-0.39, 0.29) is 24.9 Å². The fourth-order valence-electron chi connectivity index (χ4n) is 2.84. The summed E-state index contributed by atoms with van der Waals surface area (Å²) in [5.74, 6) is -0.620. The van der Waals surface area contributed by atoms with Crippen LogP contribution in [0.2, 0.25) is 0 Å². The molecule has 0 aliphatic rings. The van der Waals surface area contributed by atoms with E-state index in [9.17, 15) is 19.2 Å². The van der Waals surface area contributed by atoms with Crippen molar-refractivity contribution in [3.63, 3.8) is 0 Å². The van der Waals surface area contributed by atoms with Crippen molar-refractivity contribution in [3.05, 3.63) is 46.9 Å². The topological polar surface area (TPSA) is 81.4 Å². The van der Waals surface area contributed by atoms with Crippen LogP contribution in [0.3, 0.4) is 0 Å². The zero-order valence-corrected chi connectivity index (χ0v) is 16.7. The molecule has 148 valence electrons. The van der Waals surface area contributed by atoms with E-state index < -0.39 is 5.82 Å². The minimum Gasteiger partial charge on any atom is -0.348 e. The van der Waals surface area contributed by atoms with E-state index in [2.05, 4.69) is 11.4 Å². The molecule has 0 aliphatic heterocycles. The smallest absolute Gasteiger partial charge is 0.239 e. The molecule has 0 atom stereocenters. The van der Waals surface area contributed by atoms with E-state index >= 15 is 0 Å². The van der Waals surface area contributed by atoms with Gasteiger partial charge >= 0.3 is 0 Å². The summed E-state index contributed by atoms with van der Waals surface area (Å²) in [5, 5.41) is 12.3. The average molecular weight is 385 g/mol. The summed E-state index contributed by atoms with van der Waals surface area (Å²) < 4.78 is 15.4. The van der Waals surface area contributed by atoms with Gasteiger partial charge in [-0.15, -0.1) is 0 Å². The third kappa shape index (κ3) is 4.56. The summed E-state index contributed by atoms with van der Waals surface area (Å²) in [7, 11) is 4.95. The Morgan fingerprint density at radius 2 is 1.89 bits per heavy atom. The van der Waals surface area contributed by atoms with E-state index in [0.29, 0.717) is 22.6 Å². The first-order chi connectivity index (χ1) is 13.1. The number of carbonyl (C=O) groups is 2. The molecule has 1 aromatic heterocycles. The number of likely N-dealkylation sites (N-methyl/N-ethyl adjacent to an activating group) is 2. The van der Waals surface area contributed by atoms with Crippen LogP contribution in [0.4, 0.5) is 10.2 Å². The number of carbonyl (C=O) groups excluding carboxylic acids is 2. The van der Waals surface area contributed by atoms with Crippen LogP contribution in [0.5, 0.6) is 0 Å². The molecule has 0 radical (unpaired) electrons. The molecule has 28 heavy (non-hydrogen) atoms. The molecule has 0 aliphatic carbocycles. The van der Waals surface area contributed by atoms with Crippen LogP contribution < -0.4 is 5.32 Å². The lowest BCUT2D eigenvalue weighted by atomic mass is 10.2. The van der Waals surface area contributed by atoms with Gasteiger partial charge in [0.05, 0.1) is 24.3 Å². The molecule has 0 fully saturated rings. The van der Waals surface area contributed by atoms with Gasteiger partial charge in [-0.1, -0.05) is 6.07 Å². The van der Waals surface area contributed by atoms with E-state index in [4.69, 9.17) is 0 Å². The average Bonchev–Trinajstić information content (AvgIpc) is 2.84. The zero-order chi connectivity index (χ0) is 21.0. The van der Waals surface area contributed by atoms with E-state index in [0.717, 1.165) is 5.69 Å². The first-order valence-electron chi connectivity index (χ1n) is 8.72. The number of halogens is 1. The molecule has 2 rings (SSSR count). The monoisotopic (exact) mass is 385 g/mol. The number of hydrogen-bond acceptors (Lipinski definition) is 4. The molecule has 7 nitrogen and oxygen atoms in total. The molecule has 0 unspecified atom stereocenters. The number of nitrogens with zero attached hydrogens (tertiary/aromatic N) is 4. The van der Waals surface area contributed by atoms with Gasteiger partial charge in [-0.2, -0.15) is 5.26 Å². The van der Waals surface area contributed by atoms with Crippen LogP contribution in [-0.2, 0) is 9.59 Å². The maximum absolute atomic E-state index is 13.7. The Hall–Kier alpha value is -3.18. The van der Waals surface area contributed by atoms with Gasteiger partial charge in [0.25, 0.3) is 0 Å². The third-order valence-corrected chi connectivity index (χ3v) is 4.47. The van der Waals surface area contributed by atoms with Gasteiger partial charge in [-0.05, 0) is 44.7 Å². The predicted molar refractivity (Wildman–Crippen MR) is 105 cm³/mol. The Morgan fingerprint density at radius 1 is 1.21 bits per heavy atom. The molecule has 0 bridgehead atoms. The molecule has 0 saturated carbocycles. The van der Waals surface area contributed by atoms with Crippen LogP contribution in [0.1, 0.15) is 16.8 Å². The number of nitriles is 1. The van der Waals surface area contributed by atoms with Gasteiger partial charge in [0, 0.05) is 19.8 Å². The second kappa shape index (κ2) is 8.67. The summed E-state index contributed by atoms with van der Waals surface area (Å²) in [6.07, 6.45) is 0. The molecule has 1 aromatic carbocycles. The molecule has 2 aromatic rings. The minimum absolute atomic E-state index is 0.0309.